The first kappa shape index (κ1) is 19.8. The third-order valence-electron chi connectivity index (χ3n) is 6.08. The Labute approximate surface area is 192 Å². The molecule has 0 aliphatic carbocycles. The molecule has 2 heterocycles. The maximum atomic E-state index is 13.8. The lowest BCUT2D eigenvalue weighted by molar-refractivity contribution is 0.591. The molecular formula is C28H20N3OP. The lowest BCUT2D eigenvalue weighted by Crippen LogP contribution is -2.08. The fourth-order valence-corrected chi connectivity index (χ4v) is 6.80. The number of benzene rings is 4. The van der Waals surface area contributed by atoms with Crippen molar-refractivity contribution in [2.75, 3.05) is 6.66 Å². The van der Waals surface area contributed by atoms with Gasteiger partial charge in [0.25, 0.3) is 0 Å². The monoisotopic (exact) mass is 445 g/mol. The number of aromatic nitrogens is 3. The van der Waals surface area contributed by atoms with Crippen molar-refractivity contribution in [3.8, 4) is 45.3 Å². The van der Waals surface area contributed by atoms with Crippen LogP contribution in [0.4, 0.5) is 0 Å². The molecule has 0 bridgehead atoms. The number of hydrogen-bond donors (Lipinski definition) is 0. The summed E-state index contributed by atoms with van der Waals surface area (Å²) in [6.07, 6.45) is 0. The van der Waals surface area contributed by atoms with Gasteiger partial charge in [0.1, 0.15) is 7.14 Å². The summed E-state index contributed by atoms with van der Waals surface area (Å²) in [6, 6.07) is 33.7. The zero-order valence-electron chi connectivity index (χ0n) is 18.0. The number of nitrogens with zero attached hydrogens (tertiary/aromatic N) is 3. The standard InChI is InChI=1S/C28H20N3OP/c1-33(32)23-17-9-8-15-21(23)25-22(16-10-18-24(25)33)28-30-26(19-11-4-2-5-12-19)29-27(31-28)20-13-6-3-7-14-20/h2-18H,1H3. The van der Waals surface area contributed by atoms with E-state index in [2.05, 4.69) is 0 Å². The number of fused-ring (bicyclic) bond motifs is 3. The molecule has 6 rings (SSSR count). The molecule has 1 aliphatic rings. The topological polar surface area (TPSA) is 55.7 Å². The van der Waals surface area contributed by atoms with Crippen molar-refractivity contribution in [1.29, 1.82) is 0 Å². The molecule has 0 saturated heterocycles. The summed E-state index contributed by atoms with van der Waals surface area (Å²) >= 11 is 0. The molecule has 1 unspecified atom stereocenters. The Morgan fingerprint density at radius 2 is 1.00 bits per heavy atom. The Balaban J connectivity index is 1.64. The molecule has 158 valence electrons. The van der Waals surface area contributed by atoms with Crippen LogP contribution in [0.15, 0.2) is 103 Å². The van der Waals surface area contributed by atoms with Crippen LogP contribution in [-0.2, 0) is 4.57 Å². The minimum absolute atomic E-state index is 0.580. The molecule has 1 aliphatic heterocycles. The van der Waals surface area contributed by atoms with Gasteiger partial charge in [-0.1, -0.05) is 103 Å². The van der Waals surface area contributed by atoms with E-state index in [1.165, 1.54) is 0 Å². The zero-order chi connectivity index (χ0) is 22.4. The Morgan fingerprint density at radius 3 is 1.64 bits per heavy atom. The van der Waals surface area contributed by atoms with E-state index in [1.54, 1.807) is 0 Å². The molecule has 4 nitrogen and oxygen atoms in total. The van der Waals surface area contributed by atoms with Gasteiger partial charge >= 0.3 is 0 Å². The summed E-state index contributed by atoms with van der Waals surface area (Å²) in [5.74, 6) is 1.81. The summed E-state index contributed by atoms with van der Waals surface area (Å²) < 4.78 is 13.8. The molecular weight excluding hydrogens is 425 g/mol. The first-order valence-corrected chi connectivity index (χ1v) is 13.0. The van der Waals surface area contributed by atoms with Crippen LogP contribution in [0.1, 0.15) is 0 Å². The van der Waals surface area contributed by atoms with E-state index in [-0.39, 0.29) is 0 Å². The average Bonchev–Trinajstić information content (AvgIpc) is 3.12. The van der Waals surface area contributed by atoms with E-state index in [1.807, 2.05) is 110 Å². The van der Waals surface area contributed by atoms with Gasteiger partial charge < -0.3 is 4.57 Å². The number of hydrogen-bond acceptors (Lipinski definition) is 4. The van der Waals surface area contributed by atoms with Gasteiger partial charge in [0.05, 0.1) is 0 Å². The normalized spacial score (nSPS) is 16.3. The third-order valence-corrected chi connectivity index (χ3v) is 8.68. The van der Waals surface area contributed by atoms with Gasteiger partial charge in [-0.05, 0) is 12.2 Å². The van der Waals surface area contributed by atoms with Crippen molar-refractivity contribution in [1.82, 2.24) is 15.0 Å². The highest BCUT2D eigenvalue weighted by Crippen LogP contribution is 2.52. The summed E-state index contributed by atoms with van der Waals surface area (Å²) in [7, 11) is -2.68. The average molecular weight is 445 g/mol. The largest absolute Gasteiger partial charge is 0.314 e. The van der Waals surface area contributed by atoms with Crippen LogP contribution in [0.3, 0.4) is 0 Å². The van der Waals surface area contributed by atoms with Gasteiger partial charge in [-0.3, -0.25) is 0 Å². The summed E-state index contributed by atoms with van der Waals surface area (Å²) in [5.41, 5.74) is 4.68. The zero-order valence-corrected chi connectivity index (χ0v) is 18.9. The maximum absolute atomic E-state index is 13.8. The maximum Gasteiger partial charge on any atom is 0.164 e. The van der Waals surface area contributed by atoms with E-state index >= 15 is 0 Å². The van der Waals surface area contributed by atoms with E-state index in [4.69, 9.17) is 15.0 Å². The fraction of sp³-hybridized carbons (Fsp3) is 0.0357. The van der Waals surface area contributed by atoms with Crippen LogP contribution in [-0.4, -0.2) is 21.6 Å². The van der Waals surface area contributed by atoms with E-state index in [9.17, 15) is 4.57 Å². The second-order valence-electron chi connectivity index (χ2n) is 8.18. The van der Waals surface area contributed by atoms with Crippen LogP contribution in [0.2, 0.25) is 0 Å². The van der Waals surface area contributed by atoms with Crippen molar-refractivity contribution in [2.24, 2.45) is 0 Å². The molecule has 5 heteroatoms. The van der Waals surface area contributed by atoms with Gasteiger partial charge in [-0.25, -0.2) is 15.0 Å². The second-order valence-corrected chi connectivity index (χ2v) is 11.0. The Hall–Kier alpha value is -3.88. The SMILES string of the molecule is CP1(=O)c2ccccc2-c2c(-c3nc(-c4ccccc4)nc(-c4ccccc4)n3)cccc21. The Morgan fingerprint density at radius 1 is 0.515 bits per heavy atom. The molecule has 0 amide bonds. The molecule has 33 heavy (non-hydrogen) atoms. The van der Waals surface area contributed by atoms with Gasteiger partial charge in [-0.2, -0.15) is 0 Å². The number of rotatable bonds is 3. The summed E-state index contributed by atoms with van der Waals surface area (Å²) in [5, 5.41) is 1.76. The highest BCUT2D eigenvalue weighted by molar-refractivity contribution is 7.79. The molecule has 1 aromatic heterocycles. The first-order valence-electron chi connectivity index (χ1n) is 10.8. The van der Waals surface area contributed by atoms with Gasteiger partial charge in [-0.15, -0.1) is 0 Å². The third kappa shape index (κ3) is 3.23. The quantitative estimate of drug-likeness (QED) is 0.330. The summed E-state index contributed by atoms with van der Waals surface area (Å²) in [6.45, 7) is 1.85. The molecule has 4 aromatic carbocycles. The van der Waals surface area contributed by atoms with E-state index in [0.717, 1.165) is 38.4 Å². The van der Waals surface area contributed by atoms with Crippen molar-refractivity contribution in [3.05, 3.63) is 103 Å². The lowest BCUT2D eigenvalue weighted by atomic mass is 9.99. The highest BCUT2D eigenvalue weighted by atomic mass is 31.2. The molecule has 0 saturated carbocycles. The Kier molecular flexibility index (Phi) is 4.56. The smallest absolute Gasteiger partial charge is 0.164 e. The molecule has 0 radical (unpaired) electrons. The van der Waals surface area contributed by atoms with Crippen molar-refractivity contribution < 1.29 is 4.57 Å². The predicted molar refractivity (Wildman–Crippen MR) is 134 cm³/mol. The molecule has 0 N–H and O–H groups in total. The molecule has 5 aromatic rings. The Bertz CT molecular complexity index is 1490. The van der Waals surface area contributed by atoms with Crippen molar-refractivity contribution in [2.45, 2.75) is 0 Å². The molecule has 1 atom stereocenters. The second kappa shape index (κ2) is 7.61. The first-order chi connectivity index (χ1) is 16.1. The van der Waals surface area contributed by atoms with Gasteiger partial charge in [0.15, 0.2) is 17.5 Å². The van der Waals surface area contributed by atoms with Crippen LogP contribution in [0, 0.1) is 0 Å². The van der Waals surface area contributed by atoms with Gasteiger partial charge in [0.2, 0.25) is 0 Å². The minimum atomic E-state index is -2.68. The predicted octanol–water partition coefficient (Wildman–Crippen LogP) is 5.80. The fourth-order valence-electron chi connectivity index (χ4n) is 4.48. The van der Waals surface area contributed by atoms with E-state index in [0.29, 0.717) is 17.5 Å². The highest BCUT2D eigenvalue weighted by Gasteiger charge is 2.36. The van der Waals surface area contributed by atoms with Crippen LogP contribution in [0.5, 0.6) is 0 Å². The lowest BCUT2D eigenvalue weighted by Gasteiger charge is -2.12. The molecule has 0 fully saturated rings. The van der Waals surface area contributed by atoms with Gasteiger partial charge in [0, 0.05) is 32.9 Å². The molecule has 0 spiro atoms. The van der Waals surface area contributed by atoms with Crippen LogP contribution in [0.25, 0.3) is 45.3 Å². The van der Waals surface area contributed by atoms with Crippen LogP contribution < -0.4 is 10.6 Å². The minimum Gasteiger partial charge on any atom is -0.314 e. The van der Waals surface area contributed by atoms with Crippen molar-refractivity contribution >= 4 is 17.8 Å². The summed E-state index contributed by atoms with van der Waals surface area (Å²) in [4.78, 5) is 14.6. The van der Waals surface area contributed by atoms with Crippen molar-refractivity contribution in [3.63, 3.8) is 0 Å². The van der Waals surface area contributed by atoms with Crippen LogP contribution >= 0.6 is 7.14 Å². The van der Waals surface area contributed by atoms with E-state index < -0.39 is 7.14 Å².